The summed E-state index contributed by atoms with van der Waals surface area (Å²) >= 11 is 5.86. The summed E-state index contributed by atoms with van der Waals surface area (Å²) in [5.74, 6) is 0.174. The van der Waals surface area contributed by atoms with Crippen LogP contribution in [0.5, 0.6) is 5.75 Å². The van der Waals surface area contributed by atoms with Crippen molar-refractivity contribution in [1.29, 1.82) is 0 Å². The van der Waals surface area contributed by atoms with Crippen molar-refractivity contribution in [2.45, 2.75) is 18.9 Å². The SMILES string of the molecule is N[C@H]1CCCOc2c(Cl)cc(F)cc21. The fourth-order valence-corrected chi connectivity index (χ4v) is 1.91. The molecule has 1 aliphatic rings. The summed E-state index contributed by atoms with van der Waals surface area (Å²) in [6, 6.07) is 2.47. The van der Waals surface area contributed by atoms with E-state index in [0.717, 1.165) is 12.8 Å². The van der Waals surface area contributed by atoms with E-state index in [1.54, 1.807) is 0 Å². The molecule has 0 amide bonds. The Kier molecular flexibility index (Phi) is 2.61. The molecule has 0 bridgehead atoms. The minimum absolute atomic E-state index is 0.180. The summed E-state index contributed by atoms with van der Waals surface area (Å²) in [6.45, 7) is 0.589. The zero-order chi connectivity index (χ0) is 10.1. The van der Waals surface area contributed by atoms with Gasteiger partial charge in [0.15, 0.2) is 0 Å². The molecule has 0 radical (unpaired) electrons. The molecule has 0 aliphatic carbocycles. The van der Waals surface area contributed by atoms with Gasteiger partial charge in [0.25, 0.3) is 0 Å². The van der Waals surface area contributed by atoms with Crippen LogP contribution in [0, 0.1) is 5.82 Å². The van der Waals surface area contributed by atoms with Gasteiger partial charge < -0.3 is 10.5 Å². The third-order valence-electron chi connectivity index (χ3n) is 2.34. The summed E-state index contributed by atoms with van der Waals surface area (Å²) in [5, 5.41) is 0.303. The lowest BCUT2D eigenvalue weighted by atomic mass is 10.0. The zero-order valence-corrected chi connectivity index (χ0v) is 8.35. The molecular formula is C10H11ClFNO. The molecule has 0 fully saturated rings. The number of nitrogens with two attached hydrogens (primary N) is 1. The standard InChI is InChI=1S/C10H11ClFNO/c11-8-5-6(12)4-7-9(13)2-1-3-14-10(7)8/h4-5,9H,1-3,13H2/t9-/m0/s1. The molecule has 1 heterocycles. The normalized spacial score (nSPS) is 20.9. The van der Waals surface area contributed by atoms with Crippen molar-refractivity contribution in [1.82, 2.24) is 0 Å². The van der Waals surface area contributed by atoms with Crippen LogP contribution in [0.3, 0.4) is 0 Å². The monoisotopic (exact) mass is 215 g/mol. The summed E-state index contributed by atoms with van der Waals surface area (Å²) in [5.41, 5.74) is 6.55. The lowest BCUT2D eigenvalue weighted by Gasteiger charge is -2.12. The van der Waals surface area contributed by atoms with Crippen molar-refractivity contribution >= 4 is 11.6 Å². The van der Waals surface area contributed by atoms with Crippen molar-refractivity contribution < 1.29 is 9.13 Å². The molecule has 0 spiro atoms. The summed E-state index contributed by atoms with van der Waals surface area (Å²) in [7, 11) is 0. The average Bonchev–Trinajstić information content (AvgIpc) is 2.29. The average molecular weight is 216 g/mol. The van der Waals surface area contributed by atoms with Crippen molar-refractivity contribution in [3.63, 3.8) is 0 Å². The van der Waals surface area contributed by atoms with Crippen molar-refractivity contribution in [3.05, 3.63) is 28.5 Å². The second kappa shape index (κ2) is 3.75. The maximum Gasteiger partial charge on any atom is 0.142 e. The van der Waals surface area contributed by atoms with Gasteiger partial charge in [0.2, 0.25) is 0 Å². The van der Waals surface area contributed by atoms with E-state index in [0.29, 0.717) is 22.9 Å². The maximum absolute atomic E-state index is 13.1. The summed E-state index contributed by atoms with van der Waals surface area (Å²) in [4.78, 5) is 0. The van der Waals surface area contributed by atoms with Gasteiger partial charge in [-0.15, -0.1) is 0 Å². The van der Waals surface area contributed by atoms with Crippen molar-refractivity contribution in [2.75, 3.05) is 6.61 Å². The van der Waals surface area contributed by atoms with E-state index in [9.17, 15) is 4.39 Å². The second-order valence-corrected chi connectivity index (χ2v) is 3.81. The van der Waals surface area contributed by atoms with Gasteiger partial charge in [-0.2, -0.15) is 0 Å². The van der Waals surface area contributed by atoms with E-state index in [2.05, 4.69) is 0 Å². The second-order valence-electron chi connectivity index (χ2n) is 3.40. The fourth-order valence-electron chi connectivity index (χ4n) is 1.64. The zero-order valence-electron chi connectivity index (χ0n) is 7.59. The number of hydrogen-bond donors (Lipinski definition) is 1. The van der Waals surface area contributed by atoms with Crippen LogP contribution in [-0.2, 0) is 0 Å². The third-order valence-corrected chi connectivity index (χ3v) is 2.62. The molecule has 0 saturated heterocycles. The topological polar surface area (TPSA) is 35.2 Å². The molecular weight excluding hydrogens is 205 g/mol. The molecule has 76 valence electrons. The molecule has 0 aromatic heterocycles. The van der Waals surface area contributed by atoms with Gasteiger partial charge in [0.05, 0.1) is 11.6 Å². The van der Waals surface area contributed by atoms with Crippen LogP contribution in [0.1, 0.15) is 24.4 Å². The molecule has 4 heteroatoms. The first-order chi connectivity index (χ1) is 6.68. The number of rotatable bonds is 0. The Hall–Kier alpha value is -0.800. The Balaban J connectivity index is 2.53. The van der Waals surface area contributed by atoms with Crippen LogP contribution in [0.25, 0.3) is 0 Å². The van der Waals surface area contributed by atoms with E-state index in [1.807, 2.05) is 0 Å². The lowest BCUT2D eigenvalue weighted by molar-refractivity contribution is 0.316. The van der Waals surface area contributed by atoms with Gasteiger partial charge in [0, 0.05) is 11.6 Å². The van der Waals surface area contributed by atoms with E-state index < -0.39 is 0 Å². The molecule has 1 aromatic rings. The highest BCUT2D eigenvalue weighted by atomic mass is 35.5. The van der Waals surface area contributed by atoms with Gasteiger partial charge in [-0.1, -0.05) is 11.6 Å². The minimum Gasteiger partial charge on any atom is -0.492 e. The van der Waals surface area contributed by atoms with Gasteiger partial charge >= 0.3 is 0 Å². The first kappa shape index (κ1) is 9.74. The van der Waals surface area contributed by atoms with Crippen molar-refractivity contribution in [3.8, 4) is 5.75 Å². The Labute approximate surface area is 86.8 Å². The Bertz CT molecular complexity index is 356. The molecule has 0 saturated carbocycles. The number of halogens is 2. The van der Waals surface area contributed by atoms with Gasteiger partial charge in [-0.3, -0.25) is 0 Å². The Morgan fingerprint density at radius 2 is 2.29 bits per heavy atom. The molecule has 0 unspecified atom stereocenters. The first-order valence-corrected chi connectivity index (χ1v) is 4.93. The number of ether oxygens (including phenoxy) is 1. The molecule has 1 atom stereocenters. The van der Waals surface area contributed by atoms with Crippen LogP contribution in [0.15, 0.2) is 12.1 Å². The highest BCUT2D eigenvalue weighted by molar-refractivity contribution is 6.32. The van der Waals surface area contributed by atoms with Gasteiger partial charge in [-0.25, -0.2) is 4.39 Å². The van der Waals surface area contributed by atoms with E-state index in [4.69, 9.17) is 22.1 Å². The fraction of sp³-hybridized carbons (Fsp3) is 0.400. The molecule has 1 aromatic carbocycles. The summed E-state index contributed by atoms with van der Waals surface area (Å²) < 4.78 is 18.5. The predicted octanol–water partition coefficient (Wildman–Crippen LogP) is 2.65. The van der Waals surface area contributed by atoms with E-state index in [-0.39, 0.29) is 11.9 Å². The quantitative estimate of drug-likeness (QED) is 0.722. The predicted molar refractivity (Wildman–Crippen MR) is 53.1 cm³/mol. The Morgan fingerprint density at radius 1 is 1.50 bits per heavy atom. The third kappa shape index (κ3) is 1.70. The van der Waals surface area contributed by atoms with Crippen molar-refractivity contribution in [2.24, 2.45) is 5.73 Å². The maximum atomic E-state index is 13.1. The Morgan fingerprint density at radius 3 is 3.07 bits per heavy atom. The minimum atomic E-state index is -0.366. The first-order valence-electron chi connectivity index (χ1n) is 4.56. The molecule has 14 heavy (non-hydrogen) atoms. The van der Waals surface area contributed by atoms with Gasteiger partial charge in [-0.05, 0) is 25.0 Å². The molecule has 2 N–H and O–H groups in total. The number of hydrogen-bond acceptors (Lipinski definition) is 2. The van der Waals surface area contributed by atoms with Crippen LogP contribution in [0.4, 0.5) is 4.39 Å². The highest BCUT2D eigenvalue weighted by Gasteiger charge is 2.19. The lowest BCUT2D eigenvalue weighted by Crippen LogP contribution is -2.09. The van der Waals surface area contributed by atoms with Crippen LogP contribution in [-0.4, -0.2) is 6.61 Å². The van der Waals surface area contributed by atoms with Crippen LogP contribution >= 0.6 is 11.6 Å². The van der Waals surface area contributed by atoms with E-state index >= 15 is 0 Å². The number of fused-ring (bicyclic) bond motifs is 1. The smallest absolute Gasteiger partial charge is 0.142 e. The molecule has 2 rings (SSSR count). The van der Waals surface area contributed by atoms with Gasteiger partial charge in [0.1, 0.15) is 11.6 Å². The van der Waals surface area contributed by atoms with E-state index in [1.165, 1.54) is 12.1 Å². The molecule has 2 nitrogen and oxygen atoms in total. The molecule has 1 aliphatic heterocycles. The van der Waals surface area contributed by atoms with Crippen LogP contribution < -0.4 is 10.5 Å². The largest absolute Gasteiger partial charge is 0.492 e. The number of benzene rings is 1. The summed E-state index contributed by atoms with van der Waals surface area (Å²) in [6.07, 6.45) is 1.67. The highest BCUT2D eigenvalue weighted by Crippen LogP contribution is 2.36. The van der Waals surface area contributed by atoms with Crippen LogP contribution in [0.2, 0.25) is 5.02 Å².